The van der Waals surface area contributed by atoms with E-state index in [1.54, 1.807) is 6.08 Å². The Balaban J connectivity index is 3.06. The molecule has 0 heterocycles. The molecule has 1 rings (SSSR count). The van der Waals surface area contributed by atoms with Gasteiger partial charge in [-0.05, 0) is 0 Å². The zero-order valence-corrected chi connectivity index (χ0v) is 16.2. The fourth-order valence-corrected chi connectivity index (χ4v) is 6.22. The molecule has 0 aliphatic carbocycles. The number of rotatable bonds is 7. The molecule has 0 saturated carbocycles. The number of benzene rings is 1. The third-order valence-electron chi connectivity index (χ3n) is 4.00. The second kappa shape index (κ2) is 7.99. The first kappa shape index (κ1) is 18.2. The van der Waals surface area contributed by atoms with Crippen LogP contribution in [0.4, 0.5) is 0 Å². The number of carbonyl (C=O) groups is 1. The molecular weight excluding hydrogens is 371 g/mol. The first-order valence-corrected chi connectivity index (χ1v) is 17.5. The van der Waals surface area contributed by atoms with Crippen LogP contribution in [0.3, 0.4) is 0 Å². The summed E-state index contributed by atoms with van der Waals surface area (Å²) in [5.74, 6) is -0.839. The van der Waals surface area contributed by atoms with Gasteiger partial charge in [-0.1, -0.05) is 0 Å². The summed E-state index contributed by atoms with van der Waals surface area (Å²) < 4.78 is 5.40. The molecule has 116 valence electrons. The predicted octanol–water partition coefficient (Wildman–Crippen LogP) is 3.79. The first-order chi connectivity index (χ1) is 9.79. The molecule has 0 unspecified atom stereocenters. The minimum absolute atomic E-state index is 0.173. The molecule has 3 nitrogen and oxygen atoms in total. The third-order valence-corrected chi connectivity index (χ3v) is 12.8. The fourth-order valence-electron chi connectivity index (χ4n) is 2.24. The van der Waals surface area contributed by atoms with E-state index in [1.165, 1.54) is 0 Å². The molecule has 0 bridgehead atoms. The molecule has 0 aliphatic rings. The molecule has 1 aromatic rings. The molecule has 21 heavy (non-hydrogen) atoms. The molecule has 1 aromatic carbocycles. The Morgan fingerprint density at radius 2 is 1.90 bits per heavy atom. The standard InChI is InChI=1S/C14H17O3.3CH3.Sn/c1-3-10-17-14(16)12(4-2)13(15)11-8-6-5-7-9-11;;;;/h3-9,12-13,15H,1,10H2,2H3;3*1H3;/t12-,13+;;;;/m0..../s1. The normalized spacial score (nSPS) is 15.9. The van der Waals surface area contributed by atoms with Crippen molar-refractivity contribution in [2.75, 3.05) is 6.61 Å². The summed E-state index contributed by atoms with van der Waals surface area (Å²) in [6.07, 6.45) is 0.726. The molecule has 0 fully saturated rings. The van der Waals surface area contributed by atoms with E-state index in [0.717, 1.165) is 5.56 Å². The number of aliphatic hydroxyl groups is 1. The van der Waals surface area contributed by atoms with Crippen LogP contribution in [0.5, 0.6) is 0 Å². The van der Waals surface area contributed by atoms with Crippen LogP contribution in [0, 0.1) is 5.92 Å². The van der Waals surface area contributed by atoms with E-state index in [9.17, 15) is 9.90 Å². The van der Waals surface area contributed by atoms with E-state index in [0.29, 0.717) is 0 Å². The summed E-state index contributed by atoms with van der Waals surface area (Å²) in [4.78, 5) is 19.2. The van der Waals surface area contributed by atoms with Crippen LogP contribution in [0.2, 0.25) is 18.8 Å². The summed E-state index contributed by atoms with van der Waals surface area (Å²) in [5, 5.41) is 10.7. The van der Waals surface area contributed by atoms with Crippen molar-refractivity contribution in [1.82, 2.24) is 0 Å². The van der Waals surface area contributed by atoms with Gasteiger partial charge >= 0.3 is 132 Å². The number of hydrogen-bond acceptors (Lipinski definition) is 3. The van der Waals surface area contributed by atoms with Crippen molar-refractivity contribution in [2.24, 2.45) is 5.92 Å². The van der Waals surface area contributed by atoms with Gasteiger partial charge in [0.2, 0.25) is 0 Å². The van der Waals surface area contributed by atoms with E-state index in [1.807, 2.05) is 30.3 Å². The van der Waals surface area contributed by atoms with Gasteiger partial charge in [0, 0.05) is 0 Å². The van der Waals surface area contributed by atoms with Gasteiger partial charge in [-0.15, -0.1) is 0 Å². The van der Waals surface area contributed by atoms with Gasteiger partial charge in [-0.25, -0.2) is 0 Å². The van der Waals surface area contributed by atoms with Gasteiger partial charge in [-0.2, -0.15) is 0 Å². The minimum atomic E-state index is -2.37. The summed E-state index contributed by atoms with van der Waals surface area (Å²) >= 11 is -2.37. The Kier molecular flexibility index (Phi) is 6.94. The van der Waals surface area contributed by atoms with E-state index in [-0.39, 0.29) is 16.5 Å². The predicted molar refractivity (Wildman–Crippen MR) is 88.8 cm³/mol. The summed E-state index contributed by atoms with van der Waals surface area (Å²) in [7, 11) is 0. The monoisotopic (exact) mass is 398 g/mol. The van der Waals surface area contributed by atoms with Crippen LogP contribution < -0.4 is 0 Å². The molecule has 1 N–H and O–H groups in total. The Morgan fingerprint density at radius 3 is 2.38 bits per heavy atom. The van der Waals surface area contributed by atoms with Crippen molar-refractivity contribution in [3.05, 3.63) is 48.6 Å². The van der Waals surface area contributed by atoms with Crippen molar-refractivity contribution >= 4 is 24.3 Å². The quantitative estimate of drug-likeness (QED) is 0.433. The zero-order valence-electron chi connectivity index (χ0n) is 13.4. The molecular formula is C17H26O3Sn. The van der Waals surface area contributed by atoms with Crippen molar-refractivity contribution in [3.63, 3.8) is 0 Å². The van der Waals surface area contributed by atoms with Crippen molar-refractivity contribution in [3.8, 4) is 0 Å². The maximum absolute atomic E-state index is 12.4. The molecule has 0 aromatic heterocycles. The van der Waals surface area contributed by atoms with Gasteiger partial charge < -0.3 is 0 Å². The molecule has 0 spiro atoms. The molecule has 0 aliphatic heterocycles. The number of aliphatic hydroxyl groups excluding tert-OH is 1. The van der Waals surface area contributed by atoms with Gasteiger partial charge in [0.1, 0.15) is 0 Å². The van der Waals surface area contributed by atoms with Crippen molar-refractivity contribution in [2.45, 2.75) is 31.8 Å². The summed E-state index contributed by atoms with van der Waals surface area (Å²) in [6.45, 7) is 5.82. The second-order valence-electron chi connectivity index (χ2n) is 6.45. The molecule has 3 atom stereocenters. The molecule has 0 amide bonds. The zero-order chi connectivity index (χ0) is 16.0. The van der Waals surface area contributed by atoms with Crippen LogP contribution in [-0.2, 0) is 9.53 Å². The van der Waals surface area contributed by atoms with Crippen LogP contribution in [-0.4, -0.2) is 36.1 Å². The van der Waals surface area contributed by atoms with Gasteiger partial charge in [0.05, 0.1) is 0 Å². The second-order valence-corrected chi connectivity index (χ2v) is 22.6. The average molecular weight is 397 g/mol. The Bertz CT molecular complexity index is 465. The summed E-state index contributed by atoms with van der Waals surface area (Å²) in [5.41, 5.74) is 0.764. The van der Waals surface area contributed by atoms with Crippen molar-refractivity contribution in [1.29, 1.82) is 0 Å². The Morgan fingerprint density at radius 1 is 1.33 bits per heavy atom. The maximum atomic E-state index is 12.4. The number of esters is 1. The van der Waals surface area contributed by atoms with Gasteiger partial charge in [0.25, 0.3) is 0 Å². The number of carbonyl (C=O) groups excluding carboxylic acids is 1. The summed E-state index contributed by atoms with van der Waals surface area (Å²) in [6, 6.07) is 9.34. The number of hydrogen-bond donors (Lipinski definition) is 1. The van der Waals surface area contributed by atoms with Crippen LogP contribution in [0.25, 0.3) is 0 Å². The SMILES string of the molecule is C=CCOC(=O)[C@H]([C@H](O)c1ccccc1)[C@@H](C)[Sn]([CH3])([CH3])[CH3]. The number of ether oxygens (including phenoxy) is 1. The van der Waals surface area contributed by atoms with Crippen LogP contribution >= 0.6 is 0 Å². The van der Waals surface area contributed by atoms with E-state index in [4.69, 9.17) is 4.74 Å². The first-order valence-electron chi connectivity index (χ1n) is 7.29. The van der Waals surface area contributed by atoms with E-state index < -0.39 is 30.4 Å². The van der Waals surface area contributed by atoms with Crippen molar-refractivity contribution < 1.29 is 14.6 Å². The molecule has 4 heteroatoms. The van der Waals surface area contributed by atoms with Crippen LogP contribution in [0.1, 0.15) is 18.6 Å². The van der Waals surface area contributed by atoms with E-state index in [2.05, 4.69) is 28.3 Å². The molecule has 0 saturated heterocycles. The van der Waals surface area contributed by atoms with E-state index >= 15 is 0 Å². The Labute approximate surface area is 131 Å². The average Bonchev–Trinajstić information content (AvgIpc) is 2.45. The van der Waals surface area contributed by atoms with Gasteiger partial charge in [0.15, 0.2) is 0 Å². The van der Waals surface area contributed by atoms with Crippen LogP contribution in [0.15, 0.2) is 43.0 Å². The topological polar surface area (TPSA) is 46.5 Å². The van der Waals surface area contributed by atoms with Gasteiger partial charge in [-0.3, -0.25) is 0 Å². The fraction of sp³-hybridized carbons (Fsp3) is 0.471. The Hall–Kier alpha value is -0.811. The third kappa shape index (κ3) is 5.15. The molecule has 0 radical (unpaired) electrons.